The van der Waals surface area contributed by atoms with Crippen molar-refractivity contribution in [2.75, 3.05) is 0 Å². The molecule has 2 aromatic rings. The number of aromatic nitrogens is 1. The standard InChI is InChI=1S/C16H15NO/c18-16(15-12-4-1-5-13(12)15)11-7-6-10-3-2-8-17-14(10)9-11/h2-3,6-9,12-13,15H,1,4-5H2. The minimum Gasteiger partial charge on any atom is -0.294 e. The lowest BCUT2D eigenvalue weighted by Crippen LogP contribution is -2.06. The van der Waals surface area contributed by atoms with Crippen molar-refractivity contribution in [3.05, 3.63) is 42.1 Å². The van der Waals surface area contributed by atoms with Gasteiger partial charge in [-0.05, 0) is 36.8 Å². The zero-order chi connectivity index (χ0) is 12.1. The molecule has 0 bridgehead atoms. The van der Waals surface area contributed by atoms with Crippen molar-refractivity contribution >= 4 is 16.7 Å². The van der Waals surface area contributed by atoms with Crippen LogP contribution in [0.2, 0.25) is 0 Å². The molecule has 0 amide bonds. The van der Waals surface area contributed by atoms with E-state index in [2.05, 4.69) is 4.98 Å². The number of pyridine rings is 1. The van der Waals surface area contributed by atoms with Crippen LogP contribution in [0.1, 0.15) is 29.6 Å². The number of carbonyl (C=O) groups is 1. The van der Waals surface area contributed by atoms with Crippen LogP contribution >= 0.6 is 0 Å². The lowest BCUT2D eigenvalue weighted by Gasteiger charge is -2.04. The molecule has 0 spiro atoms. The topological polar surface area (TPSA) is 30.0 Å². The molecule has 2 nitrogen and oxygen atoms in total. The number of Topliss-reactive ketones (excluding diaryl/α,β-unsaturated/α-hetero) is 1. The summed E-state index contributed by atoms with van der Waals surface area (Å²) in [4.78, 5) is 16.8. The first-order chi connectivity index (χ1) is 8.84. The fourth-order valence-corrected chi connectivity index (χ4v) is 3.62. The van der Waals surface area contributed by atoms with Gasteiger partial charge in [-0.2, -0.15) is 0 Å². The number of rotatable bonds is 2. The van der Waals surface area contributed by atoms with Crippen molar-refractivity contribution in [1.29, 1.82) is 0 Å². The van der Waals surface area contributed by atoms with E-state index >= 15 is 0 Å². The summed E-state index contributed by atoms with van der Waals surface area (Å²) in [6.07, 6.45) is 5.61. The lowest BCUT2D eigenvalue weighted by molar-refractivity contribution is 0.0951. The number of fused-ring (bicyclic) bond motifs is 2. The summed E-state index contributed by atoms with van der Waals surface area (Å²) in [5.41, 5.74) is 1.77. The molecule has 2 aliphatic carbocycles. The Morgan fingerprint density at radius 3 is 2.83 bits per heavy atom. The van der Waals surface area contributed by atoms with Crippen LogP contribution in [-0.4, -0.2) is 10.8 Å². The van der Waals surface area contributed by atoms with Crippen LogP contribution in [0.3, 0.4) is 0 Å². The Labute approximate surface area is 106 Å². The molecule has 2 unspecified atom stereocenters. The summed E-state index contributed by atoms with van der Waals surface area (Å²) in [6.45, 7) is 0. The molecule has 2 heteroatoms. The molecule has 1 aromatic heterocycles. The van der Waals surface area contributed by atoms with Crippen LogP contribution in [0.15, 0.2) is 36.5 Å². The van der Waals surface area contributed by atoms with Gasteiger partial charge in [-0.1, -0.05) is 24.6 Å². The number of hydrogen-bond donors (Lipinski definition) is 0. The molecule has 0 saturated heterocycles. The Morgan fingerprint density at radius 1 is 1.17 bits per heavy atom. The largest absolute Gasteiger partial charge is 0.294 e. The van der Waals surface area contributed by atoms with Gasteiger partial charge in [0.25, 0.3) is 0 Å². The molecule has 0 radical (unpaired) electrons. The fraction of sp³-hybridized carbons (Fsp3) is 0.375. The zero-order valence-electron chi connectivity index (χ0n) is 10.2. The molecule has 2 aliphatic rings. The van der Waals surface area contributed by atoms with E-state index in [0.717, 1.165) is 16.5 Å². The van der Waals surface area contributed by atoms with Crippen LogP contribution < -0.4 is 0 Å². The van der Waals surface area contributed by atoms with Crippen LogP contribution in [0.5, 0.6) is 0 Å². The van der Waals surface area contributed by atoms with Crippen molar-refractivity contribution in [3.63, 3.8) is 0 Å². The highest BCUT2D eigenvalue weighted by atomic mass is 16.1. The molecule has 1 aromatic carbocycles. The molecular weight excluding hydrogens is 222 g/mol. The van der Waals surface area contributed by atoms with E-state index in [1.54, 1.807) is 6.20 Å². The maximum atomic E-state index is 12.4. The summed E-state index contributed by atoms with van der Waals surface area (Å²) < 4.78 is 0. The van der Waals surface area contributed by atoms with Gasteiger partial charge in [-0.3, -0.25) is 9.78 Å². The maximum Gasteiger partial charge on any atom is 0.166 e. The average Bonchev–Trinajstić information content (AvgIpc) is 2.90. The summed E-state index contributed by atoms with van der Waals surface area (Å²) in [7, 11) is 0. The highest BCUT2D eigenvalue weighted by molar-refractivity contribution is 6.02. The molecule has 1 heterocycles. The zero-order valence-corrected chi connectivity index (χ0v) is 10.2. The molecular formula is C16H15NO. The van der Waals surface area contributed by atoms with Gasteiger partial charge in [0.05, 0.1) is 5.52 Å². The van der Waals surface area contributed by atoms with Gasteiger partial charge in [0.15, 0.2) is 5.78 Å². The summed E-state index contributed by atoms with van der Waals surface area (Å²) in [6, 6.07) is 9.87. The third-order valence-corrected chi connectivity index (χ3v) is 4.60. The molecule has 90 valence electrons. The summed E-state index contributed by atoms with van der Waals surface area (Å²) >= 11 is 0. The van der Waals surface area contributed by atoms with Gasteiger partial charge in [0.2, 0.25) is 0 Å². The molecule has 2 saturated carbocycles. The Bertz CT molecular complexity index is 624. The Kier molecular flexibility index (Phi) is 2.07. The van der Waals surface area contributed by atoms with Crippen molar-refractivity contribution in [2.45, 2.75) is 19.3 Å². The number of benzene rings is 1. The molecule has 0 N–H and O–H groups in total. The smallest absolute Gasteiger partial charge is 0.166 e. The fourth-order valence-electron chi connectivity index (χ4n) is 3.62. The SMILES string of the molecule is O=C(c1ccc2cccnc2c1)C1C2CCCC21. The summed E-state index contributed by atoms with van der Waals surface area (Å²) in [5.74, 6) is 2.05. The van der Waals surface area contributed by atoms with Gasteiger partial charge in [-0.25, -0.2) is 0 Å². The number of nitrogens with zero attached hydrogens (tertiary/aromatic N) is 1. The van der Waals surface area contributed by atoms with Gasteiger partial charge in [0.1, 0.15) is 0 Å². The first-order valence-corrected chi connectivity index (χ1v) is 6.73. The third kappa shape index (κ3) is 1.41. The minimum atomic E-state index is 0.319. The first kappa shape index (κ1) is 10.2. The average molecular weight is 237 g/mol. The Morgan fingerprint density at radius 2 is 2.00 bits per heavy atom. The van der Waals surface area contributed by atoms with Gasteiger partial charge in [0, 0.05) is 23.1 Å². The minimum absolute atomic E-state index is 0.319. The predicted molar refractivity (Wildman–Crippen MR) is 70.4 cm³/mol. The molecule has 2 fully saturated rings. The van der Waals surface area contributed by atoms with Crippen molar-refractivity contribution in [3.8, 4) is 0 Å². The van der Waals surface area contributed by atoms with E-state index in [-0.39, 0.29) is 0 Å². The number of hydrogen-bond acceptors (Lipinski definition) is 2. The van der Waals surface area contributed by atoms with E-state index in [9.17, 15) is 4.79 Å². The van der Waals surface area contributed by atoms with Gasteiger partial charge >= 0.3 is 0 Å². The second-order valence-electron chi connectivity index (χ2n) is 5.56. The van der Waals surface area contributed by atoms with E-state index in [0.29, 0.717) is 23.5 Å². The quantitative estimate of drug-likeness (QED) is 0.749. The van der Waals surface area contributed by atoms with Gasteiger partial charge in [-0.15, -0.1) is 0 Å². The normalized spacial score (nSPS) is 29.2. The second-order valence-corrected chi connectivity index (χ2v) is 5.56. The van der Waals surface area contributed by atoms with Crippen molar-refractivity contribution < 1.29 is 4.79 Å². The second kappa shape index (κ2) is 3.64. The monoisotopic (exact) mass is 237 g/mol. The predicted octanol–water partition coefficient (Wildman–Crippen LogP) is 3.46. The Hall–Kier alpha value is -1.70. The van der Waals surface area contributed by atoms with Crippen LogP contribution in [0.25, 0.3) is 10.9 Å². The van der Waals surface area contributed by atoms with Crippen LogP contribution in [0.4, 0.5) is 0 Å². The van der Waals surface area contributed by atoms with Crippen LogP contribution in [0, 0.1) is 17.8 Å². The lowest BCUT2D eigenvalue weighted by atomic mass is 10.0. The van der Waals surface area contributed by atoms with E-state index in [1.165, 1.54) is 19.3 Å². The van der Waals surface area contributed by atoms with Crippen LogP contribution in [-0.2, 0) is 0 Å². The molecule has 18 heavy (non-hydrogen) atoms. The summed E-state index contributed by atoms with van der Waals surface area (Å²) in [5, 5.41) is 1.10. The molecule has 2 atom stereocenters. The van der Waals surface area contributed by atoms with Crippen molar-refractivity contribution in [2.24, 2.45) is 17.8 Å². The molecule has 4 rings (SSSR count). The third-order valence-electron chi connectivity index (χ3n) is 4.60. The van der Waals surface area contributed by atoms with E-state index in [4.69, 9.17) is 0 Å². The maximum absolute atomic E-state index is 12.4. The Balaban J connectivity index is 1.68. The van der Waals surface area contributed by atoms with Crippen molar-refractivity contribution in [1.82, 2.24) is 4.98 Å². The number of carbonyl (C=O) groups excluding carboxylic acids is 1. The highest BCUT2D eigenvalue weighted by Crippen LogP contribution is 2.58. The van der Waals surface area contributed by atoms with E-state index < -0.39 is 0 Å². The van der Waals surface area contributed by atoms with E-state index in [1.807, 2.05) is 30.3 Å². The highest BCUT2D eigenvalue weighted by Gasteiger charge is 2.56. The molecule has 0 aliphatic heterocycles. The number of ketones is 1. The first-order valence-electron chi connectivity index (χ1n) is 6.73. The van der Waals surface area contributed by atoms with Gasteiger partial charge < -0.3 is 0 Å².